The summed E-state index contributed by atoms with van der Waals surface area (Å²) in [4.78, 5) is 5.95. The predicted octanol–water partition coefficient (Wildman–Crippen LogP) is 4.52. The van der Waals surface area contributed by atoms with E-state index in [9.17, 15) is 8.42 Å². The third kappa shape index (κ3) is 5.44. The van der Waals surface area contributed by atoms with E-state index in [2.05, 4.69) is 16.8 Å². The highest BCUT2D eigenvalue weighted by molar-refractivity contribution is 7.91. The molecule has 1 N–H and O–H groups in total. The molecular weight excluding hydrogens is 412 g/mol. The lowest BCUT2D eigenvalue weighted by Crippen LogP contribution is -2.22. The van der Waals surface area contributed by atoms with E-state index in [-0.39, 0.29) is 18.2 Å². The van der Waals surface area contributed by atoms with Crippen molar-refractivity contribution in [3.63, 3.8) is 0 Å². The van der Waals surface area contributed by atoms with Crippen LogP contribution in [0.3, 0.4) is 0 Å². The first kappa shape index (κ1) is 23.1. The average Bonchev–Trinajstić information content (AvgIpc) is 3.39. The number of halogens is 1. The van der Waals surface area contributed by atoms with Crippen molar-refractivity contribution in [2.75, 3.05) is 19.4 Å². The number of aromatic nitrogens is 1. The van der Waals surface area contributed by atoms with E-state index in [1.807, 2.05) is 24.3 Å². The first-order chi connectivity index (χ1) is 13.5. The molecule has 0 aliphatic carbocycles. The maximum absolute atomic E-state index is 12.3. The van der Waals surface area contributed by atoms with E-state index in [0.717, 1.165) is 42.3 Å². The van der Waals surface area contributed by atoms with Gasteiger partial charge < -0.3 is 14.1 Å². The topological polar surface area (TPSA) is 75.5 Å². The van der Waals surface area contributed by atoms with Crippen molar-refractivity contribution in [2.45, 2.75) is 31.8 Å². The van der Waals surface area contributed by atoms with Crippen molar-refractivity contribution in [2.24, 2.45) is 0 Å². The monoisotopic (exact) mass is 438 g/mol. The molecule has 3 rings (SSSR count). The van der Waals surface area contributed by atoms with Crippen LogP contribution in [-0.2, 0) is 22.9 Å². The number of nitrogens with one attached hydrogen (secondary N) is 1. The van der Waals surface area contributed by atoms with E-state index < -0.39 is 9.84 Å². The van der Waals surface area contributed by atoms with Gasteiger partial charge in [-0.15, -0.1) is 12.4 Å². The fraction of sp³-hybridized carbons (Fsp3) is 0.333. The number of rotatable bonds is 9. The van der Waals surface area contributed by atoms with E-state index >= 15 is 0 Å². The Hall–Kier alpha value is -2.22. The van der Waals surface area contributed by atoms with Gasteiger partial charge in [0.1, 0.15) is 11.5 Å². The SMILES string of the molecule is CCN(Cc1ccc(-c2cc(S(=O)(=O)CC)ccc2OC)[nH]1)Cc1ccco1.Cl. The van der Waals surface area contributed by atoms with Crippen molar-refractivity contribution in [1.29, 1.82) is 0 Å². The van der Waals surface area contributed by atoms with Gasteiger partial charge in [0.2, 0.25) is 0 Å². The molecule has 0 fully saturated rings. The molecule has 6 nitrogen and oxygen atoms in total. The van der Waals surface area contributed by atoms with Crippen molar-refractivity contribution >= 4 is 22.2 Å². The molecule has 158 valence electrons. The number of nitrogens with zero attached hydrogens (tertiary/aromatic N) is 1. The number of furan rings is 1. The molecular formula is C21H27ClN2O4S. The Balaban J connectivity index is 0.00000300. The Morgan fingerprint density at radius 2 is 1.90 bits per heavy atom. The van der Waals surface area contributed by atoms with Gasteiger partial charge in [0.15, 0.2) is 9.84 Å². The molecule has 0 bridgehead atoms. The normalized spacial score (nSPS) is 11.4. The quantitative estimate of drug-likeness (QED) is 0.531. The molecule has 0 radical (unpaired) electrons. The zero-order chi connectivity index (χ0) is 20.1. The van der Waals surface area contributed by atoms with Crippen LogP contribution >= 0.6 is 12.4 Å². The van der Waals surface area contributed by atoms with E-state index in [1.165, 1.54) is 0 Å². The van der Waals surface area contributed by atoms with E-state index in [1.54, 1.807) is 38.5 Å². The first-order valence-electron chi connectivity index (χ1n) is 9.30. The van der Waals surface area contributed by atoms with Crippen LogP contribution in [0.2, 0.25) is 0 Å². The molecule has 2 heterocycles. The number of hydrogen-bond acceptors (Lipinski definition) is 5. The number of sulfone groups is 1. The van der Waals surface area contributed by atoms with Gasteiger partial charge in [-0.1, -0.05) is 13.8 Å². The van der Waals surface area contributed by atoms with Crippen molar-refractivity contribution < 1.29 is 17.6 Å². The summed E-state index contributed by atoms with van der Waals surface area (Å²) in [5.41, 5.74) is 2.60. The number of H-pyrrole nitrogens is 1. The van der Waals surface area contributed by atoms with Crippen molar-refractivity contribution in [3.8, 4) is 17.0 Å². The minimum absolute atomic E-state index is 0. The third-order valence-electron chi connectivity index (χ3n) is 4.75. The van der Waals surface area contributed by atoms with Gasteiger partial charge in [-0.05, 0) is 49.0 Å². The number of benzene rings is 1. The molecule has 0 spiro atoms. The summed E-state index contributed by atoms with van der Waals surface area (Å²) in [5, 5.41) is 0. The summed E-state index contributed by atoms with van der Waals surface area (Å²) in [6.07, 6.45) is 1.68. The maximum Gasteiger partial charge on any atom is 0.178 e. The Morgan fingerprint density at radius 3 is 2.52 bits per heavy atom. The first-order valence-corrected chi connectivity index (χ1v) is 11.0. The third-order valence-corrected chi connectivity index (χ3v) is 6.48. The van der Waals surface area contributed by atoms with Crippen molar-refractivity contribution in [3.05, 3.63) is 60.2 Å². The van der Waals surface area contributed by atoms with Gasteiger partial charge in [-0.3, -0.25) is 4.90 Å². The van der Waals surface area contributed by atoms with E-state index in [0.29, 0.717) is 10.6 Å². The molecule has 0 saturated heterocycles. The number of methoxy groups -OCH3 is 1. The summed E-state index contributed by atoms with van der Waals surface area (Å²) >= 11 is 0. The second-order valence-electron chi connectivity index (χ2n) is 6.55. The van der Waals surface area contributed by atoms with Gasteiger partial charge in [0.05, 0.1) is 30.6 Å². The second kappa shape index (κ2) is 10.0. The zero-order valence-electron chi connectivity index (χ0n) is 16.8. The Morgan fingerprint density at radius 1 is 1.10 bits per heavy atom. The second-order valence-corrected chi connectivity index (χ2v) is 8.82. The highest BCUT2D eigenvalue weighted by Crippen LogP contribution is 2.32. The number of hydrogen-bond donors (Lipinski definition) is 1. The number of aromatic amines is 1. The molecule has 0 aliphatic heterocycles. The summed E-state index contributed by atoms with van der Waals surface area (Å²) in [6.45, 7) is 6.08. The fourth-order valence-electron chi connectivity index (χ4n) is 3.09. The summed E-state index contributed by atoms with van der Waals surface area (Å²) in [6, 6.07) is 12.8. The number of ether oxygens (including phenoxy) is 1. The molecule has 0 saturated carbocycles. The molecule has 29 heavy (non-hydrogen) atoms. The minimum Gasteiger partial charge on any atom is -0.496 e. The zero-order valence-corrected chi connectivity index (χ0v) is 18.5. The van der Waals surface area contributed by atoms with Crippen LogP contribution in [0.5, 0.6) is 5.75 Å². The molecule has 0 unspecified atom stereocenters. The van der Waals surface area contributed by atoms with Crippen LogP contribution in [0.15, 0.2) is 58.0 Å². The predicted molar refractivity (Wildman–Crippen MR) is 116 cm³/mol. The van der Waals surface area contributed by atoms with Gasteiger partial charge in [-0.2, -0.15) is 0 Å². The largest absolute Gasteiger partial charge is 0.496 e. The fourth-order valence-corrected chi connectivity index (χ4v) is 4.00. The molecule has 2 aromatic heterocycles. The van der Waals surface area contributed by atoms with Gasteiger partial charge in [0.25, 0.3) is 0 Å². The molecule has 3 aromatic rings. The average molecular weight is 439 g/mol. The molecule has 8 heteroatoms. The highest BCUT2D eigenvalue weighted by atomic mass is 35.5. The van der Waals surface area contributed by atoms with Gasteiger partial charge in [-0.25, -0.2) is 8.42 Å². The standard InChI is InChI=1S/C21H26N2O4S.ClH/c1-4-23(15-17-7-6-12-27-17)14-16-8-10-20(22-16)19-13-18(28(24,25)5-2)9-11-21(19)26-3;/h6-13,22H,4-5,14-15H2,1-3H3;1H. The van der Waals surface area contributed by atoms with Crippen LogP contribution in [0.25, 0.3) is 11.3 Å². The van der Waals surface area contributed by atoms with Gasteiger partial charge in [0, 0.05) is 23.5 Å². The Kier molecular flexibility index (Phi) is 7.96. The Labute approximate surface area is 178 Å². The summed E-state index contributed by atoms with van der Waals surface area (Å²) < 4.78 is 35.4. The molecule has 1 aromatic carbocycles. The molecule has 0 aliphatic rings. The molecule has 0 atom stereocenters. The lowest BCUT2D eigenvalue weighted by Gasteiger charge is -2.18. The highest BCUT2D eigenvalue weighted by Gasteiger charge is 2.17. The summed E-state index contributed by atoms with van der Waals surface area (Å²) in [7, 11) is -1.70. The lowest BCUT2D eigenvalue weighted by molar-refractivity contribution is 0.245. The minimum atomic E-state index is -3.29. The van der Waals surface area contributed by atoms with Gasteiger partial charge >= 0.3 is 0 Å². The van der Waals surface area contributed by atoms with Crippen LogP contribution in [0, 0.1) is 0 Å². The van der Waals surface area contributed by atoms with E-state index in [4.69, 9.17) is 9.15 Å². The summed E-state index contributed by atoms with van der Waals surface area (Å²) in [5.74, 6) is 1.62. The van der Waals surface area contributed by atoms with Crippen LogP contribution in [0.4, 0.5) is 0 Å². The molecule has 0 amide bonds. The lowest BCUT2D eigenvalue weighted by atomic mass is 10.1. The van der Waals surface area contributed by atoms with Crippen LogP contribution in [-0.4, -0.2) is 37.7 Å². The van der Waals surface area contributed by atoms with Crippen LogP contribution < -0.4 is 4.74 Å². The Bertz CT molecular complexity index is 1010. The van der Waals surface area contributed by atoms with Crippen LogP contribution in [0.1, 0.15) is 25.3 Å². The van der Waals surface area contributed by atoms with Crippen molar-refractivity contribution in [1.82, 2.24) is 9.88 Å². The maximum atomic E-state index is 12.3. The smallest absolute Gasteiger partial charge is 0.178 e.